The molecule has 1 aromatic heterocycles. The Morgan fingerprint density at radius 2 is 2.10 bits per heavy atom. The van der Waals surface area contributed by atoms with Crippen molar-refractivity contribution >= 4 is 11.0 Å². The Morgan fingerprint density at radius 1 is 1.35 bits per heavy atom. The van der Waals surface area contributed by atoms with E-state index in [2.05, 4.69) is 55.9 Å². The molecule has 0 amide bonds. The van der Waals surface area contributed by atoms with E-state index in [-0.39, 0.29) is 11.2 Å². The predicted octanol–water partition coefficient (Wildman–Crippen LogP) is 4.36. The highest BCUT2D eigenvalue weighted by molar-refractivity contribution is 5.76. The molecule has 0 aliphatic carbocycles. The van der Waals surface area contributed by atoms with Crippen LogP contribution in [0.1, 0.15) is 33.5 Å². The third-order valence-corrected chi connectivity index (χ3v) is 3.30. The van der Waals surface area contributed by atoms with Crippen molar-refractivity contribution in [2.75, 3.05) is 0 Å². The van der Waals surface area contributed by atoms with Gasteiger partial charge in [0.2, 0.25) is 0 Å². The number of nitrogens with zero attached hydrogens (tertiary/aromatic N) is 1. The lowest BCUT2D eigenvalue weighted by molar-refractivity contribution is 0.476. The summed E-state index contributed by atoms with van der Waals surface area (Å²) in [4.78, 5) is 7.73. The molecule has 2 N–H and O–H groups in total. The first-order valence-corrected chi connectivity index (χ1v) is 6.91. The maximum Gasteiger partial charge on any atom is 0.117 e. The van der Waals surface area contributed by atoms with E-state index in [0.29, 0.717) is 0 Å². The zero-order valence-corrected chi connectivity index (χ0v) is 12.6. The lowest BCUT2D eigenvalue weighted by Gasteiger charge is -2.19. The van der Waals surface area contributed by atoms with Crippen LogP contribution >= 0.6 is 0 Å². The highest BCUT2D eigenvalue weighted by Gasteiger charge is 2.13. The molecule has 0 aliphatic rings. The van der Waals surface area contributed by atoms with Gasteiger partial charge in [0.1, 0.15) is 11.6 Å². The smallest absolute Gasteiger partial charge is 0.117 e. The van der Waals surface area contributed by atoms with Gasteiger partial charge in [0, 0.05) is 12.5 Å². The Morgan fingerprint density at radius 3 is 2.75 bits per heavy atom. The van der Waals surface area contributed by atoms with Crippen LogP contribution in [0.2, 0.25) is 0 Å². The molecule has 3 heteroatoms. The number of benzene rings is 1. The fourth-order valence-corrected chi connectivity index (χ4v) is 2.22. The Hall–Kier alpha value is -2.03. The first kappa shape index (κ1) is 14.4. The molecule has 0 saturated carbocycles. The van der Waals surface area contributed by atoms with Crippen molar-refractivity contribution in [2.45, 2.75) is 34.1 Å². The number of rotatable bonds is 3. The summed E-state index contributed by atoms with van der Waals surface area (Å²) in [5, 5.41) is 9.44. The molecule has 0 aliphatic heterocycles. The number of phenolic OH excluding ortho intramolecular Hbond substituents is 1. The van der Waals surface area contributed by atoms with Crippen LogP contribution in [0.3, 0.4) is 0 Å². The second-order valence-electron chi connectivity index (χ2n) is 5.99. The number of phenols is 1. The molecule has 0 saturated heterocycles. The zero-order chi connectivity index (χ0) is 14.8. The maximum absolute atomic E-state index is 9.44. The van der Waals surface area contributed by atoms with Gasteiger partial charge in [0.05, 0.1) is 11.0 Å². The lowest BCUT2D eigenvalue weighted by atomic mass is 9.86. The highest BCUT2D eigenvalue weighted by atomic mass is 16.3. The van der Waals surface area contributed by atoms with Gasteiger partial charge in [-0.15, -0.1) is 0 Å². The van der Waals surface area contributed by atoms with Gasteiger partial charge in [-0.2, -0.15) is 0 Å². The lowest BCUT2D eigenvalue weighted by Crippen LogP contribution is -2.07. The van der Waals surface area contributed by atoms with Gasteiger partial charge in [-0.1, -0.05) is 39.0 Å². The minimum Gasteiger partial charge on any atom is -0.508 e. The topological polar surface area (TPSA) is 48.9 Å². The Kier molecular flexibility index (Phi) is 3.98. The van der Waals surface area contributed by atoms with Crippen molar-refractivity contribution in [1.82, 2.24) is 9.97 Å². The number of hydrogen-bond acceptors (Lipinski definition) is 2. The van der Waals surface area contributed by atoms with Gasteiger partial charge >= 0.3 is 0 Å². The molecule has 2 aromatic rings. The maximum atomic E-state index is 9.44. The monoisotopic (exact) mass is 270 g/mol. The Bertz CT molecular complexity index is 657. The van der Waals surface area contributed by atoms with E-state index in [9.17, 15) is 5.11 Å². The van der Waals surface area contributed by atoms with Crippen molar-refractivity contribution in [3.63, 3.8) is 0 Å². The molecule has 1 heterocycles. The van der Waals surface area contributed by atoms with Crippen LogP contribution in [-0.4, -0.2) is 15.1 Å². The van der Waals surface area contributed by atoms with E-state index in [4.69, 9.17) is 0 Å². The molecular formula is C17H22N2O. The van der Waals surface area contributed by atoms with Crippen molar-refractivity contribution in [2.24, 2.45) is 5.41 Å². The number of fused-ring (bicyclic) bond motifs is 1. The molecule has 106 valence electrons. The van der Waals surface area contributed by atoms with Crippen molar-refractivity contribution in [3.05, 3.63) is 47.8 Å². The van der Waals surface area contributed by atoms with E-state index in [0.717, 1.165) is 23.3 Å². The minimum absolute atomic E-state index is 0.158. The molecule has 1 aromatic carbocycles. The molecule has 0 atom stereocenters. The van der Waals surface area contributed by atoms with Crippen LogP contribution in [0.25, 0.3) is 11.0 Å². The van der Waals surface area contributed by atoms with Gasteiger partial charge < -0.3 is 10.1 Å². The van der Waals surface area contributed by atoms with Gasteiger partial charge in [-0.3, -0.25) is 0 Å². The predicted molar refractivity (Wildman–Crippen MR) is 83.8 cm³/mol. The van der Waals surface area contributed by atoms with Crippen LogP contribution in [0.15, 0.2) is 42.0 Å². The molecule has 0 radical (unpaired) electrons. The molecule has 0 bridgehead atoms. The largest absolute Gasteiger partial charge is 0.508 e. The van der Waals surface area contributed by atoms with Gasteiger partial charge in [-0.05, 0) is 30.0 Å². The minimum atomic E-state index is 0.158. The van der Waals surface area contributed by atoms with Crippen LogP contribution in [0, 0.1) is 5.41 Å². The number of aromatic amines is 1. The summed E-state index contributed by atoms with van der Waals surface area (Å²) in [5.41, 5.74) is 3.22. The zero-order valence-electron chi connectivity index (χ0n) is 12.6. The van der Waals surface area contributed by atoms with Crippen molar-refractivity contribution in [1.29, 1.82) is 0 Å². The Balaban J connectivity index is 2.13. The second kappa shape index (κ2) is 5.53. The fraction of sp³-hybridized carbons (Fsp3) is 0.353. The number of hydrogen-bond donors (Lipinski definition) is 2. The van der Waals surface area contributed by atoms with Gasteiger partial charge in [0.15, 0.2) is 0 Å². The van der Waals surface area contributed by atoms with Crippen LogP contribution in [0.5, 0.6) is 5.75 Å². The normalized spacial score (nSPS) is 13.5. The van der Waals surface area contributed by atoms with Crippen LogP contribution in [0.4, 0.5) is 0 Å². The third kappa shape index (κ3) is 3.29. The first-order chi connectivity index (χ1) is 9.40. The third-order valence-electron chi connectivity index (χ3n) is 3.30. The molecule has 2 rings (SSSR count). The highest BCUT2D eigenvalue weighted by Crippen LogP contribution is 2.26. The molecule has 3 nitrogen and oxygen atoms in total. The van der Waals surface area contributed by atoms with Crippen molar-refractivity contribution < 1.29 is 5.11 Å². The molecule has 0 unspecified atom stereocenters. The quantitative estimate of drug-likeness (QED) is 0.814. The average Bonchev–Trinajstić information content (AvgIpc) is 2.74. The standard InChI is InChI=1S/C17H22N2O/c1-5-12(17(2,3)4)7-6-8-16-18-14-10-9-13(20)11-15(14)19-16/h5-7,9-11,20H,8H2,1-4H3,(H,18,19)/b7-6-,12-5+. The van der Waals surface area contributed by atoms with E-state index >= 15 is 0 Å². The number of imidazole rings is 1. The van der Waals surface area contributed by atoms with E-state index < -0.39 is 0 Å². The number of H-pyrrole nitrogens is 1. The summed E-state index contributed by atoms with van der Waals surface area (Å²) in [6, 6.07) is 5.17. The summed E-state index contributed by atoms with van der Waals surface area (Å²) in [5.74, 6) is 1.17. The van der Waals surface area contributed by atoms with E-state index in [1.807, 2.05) is 6.07 Å². The summed E-state index contributed by atoms with van der Waals surface area (Å²) >= 11 is 0. The second-order valence-corrected chi connectivity index (χ2v) is 5.99. The van der Waals surface area contributed by atoms with Crippen LogP contribution in [-0.2, 0) is 6.42 Å². The van der Waals surface area contributed by atoms with Gasteiger partial charge in [-0.25, -0.2) is 4.98 Å². The average molecular weight is 270 g/mol. The van der Waals surface area contributed by atoms with Gasteiger partial charge in [0.25, 0.3) is 0 Å². The molecular weight excluding hydrogens is 248 g/mol. The number of aromatic nitrogens is 2. The summed E-state index contributed by atoms with van der Waals surface area (Å²) in [7, 11) is 0. The number of allylic oxidation sites excluding steroid dienone is 4. The molecule has 20 heavy (non-hydrogen) atoms. The SMILES string of the molecule is C/C=C(\C=C/Cc1nc2ccc(O)cc2[nH]1)C(C)(C)C. The summed E-state index contributed by atoms with van der Waals surface area (Å²) in [6.07, 6.45) is 7.18. The molecule has 0 fully saturated rings. The Labute approximate surface area is 120 Å². The number of nitrogens with one attached hydrogen (secondary N) is 1. The summed E-state index contributed by atoms with van der Waals surface area (Å²) in [6.45, 7) is 8.68. The summed E-state index contributed by atoms with van der Waals surface area (Å²) < 4.78 is 0. The first-order valence-electron chi connectivity index (χ1n) is 6.91. The van der Waals surface area contributed by atoms with Crippen LogP contribution < -0.4 is 0 Å². The number of aromatic hydroxyl groups is 1. The van der Waals surface area contributed by atoms with E-state index in [1.165, 1.54) is 5.57 Å². The molecule has 0 spiro atoms. The van der Waals surface area contributed by atoms with Crippen molar-refractivity contribution in [3.8, 4) is 5.75 Å². The fourth-order valence-electron chi connectivity index (χ4n) is 2.22. The van der Waals surface area contributed by atoms with E-state index in [1.54, 1.807) is 12.1 Å².